The monoisotopic (exact) mass is 237 g/mol. The van der Waals surface area contributed by atoms with Crippen LogP contribution < -0.4 is 5.32 Å². The lowest BCUT2D eigenvalue weighted by Crippen LogP contribution is -2.20. The first-order valence-electron chi connectivity index (χ1n) is 5.56. The van der Waals surface area contributed by atoms with Crippen LogP contribution in [-0.2, 0) is 22.5 Å². The van der Waals surface area contributed by atoms with Crippen LogP contribution in [0.3, 0.4) is 0 Å². The van der Waals surface area contributed by atoms with Crippen LogP contribution >= 0.6 is 0 Å². The van der Waals surface area contributed by atoms with E-state index < -0.39 is 5.97 Å². The Morgan fingerprint density at radius 1 is 1.53 bits per heavy atom. The minimum atomic E-state index is -0.515. The summed E-state index contributed by atoms with van der Waals surface area (Å²) in [5.74, 6) is 0.250. The summed E-state index contributed by atoms with van der Waals surface area (Å²) in [6, 6.07) is 0. The molecule has 1 aromatic heterocycles. The summed E-state index contributed by atoms with van der Waals surface area (Å²) >= 11 is 0. The highest BCUT2D eigenvalue weighted by molar-refractivity contribution is 5.85. The molecule has 2 rings (SSSR count). The minimum absolute atomic E-state index is 0.101. The number of fused-ring (bicyclic) bond motifs is 1. The van der Waals surface area contributed by atoms with Gasteiger partial charge < -0.3 is 14.8 Å². The van der Waals surface area contributed by atoms with E-state index in [9.17, 15) is 4.79 Å². The Labute approximate surface area is 99.4 Å². The molecule has 17 heavy (non-hydrogen) atoms. The van der Waals surface area contributed by atoms with Crippen molar-refractivity contribution in [1.82, 2.24) is 9.97 Å². The van der Waals surface area contributed by atoms with Crippen molar-refractivity contribution in [3.8, 4) is 0 Å². The first-order chi connectivity index (χ1) is 8.26. The summed E-state index contributed by atoms with van der Waals surface area (Å²) in [6.07, 6.45) is 0.695. The van der Waals surface area contributed by atoms with Crippen molar-refractivity contribution in [3.63, 3.8) is 0 Å². The van der Waals surface area contributed by atoms with Crippen LogP contribution in [0, 0.1) is 0 Å². The summed E-state index contributed by atoms with van der Waals surface area (Å²) in [5.41, 5.74) is 1.80. The predicted molar refractivity (Wildman–Crippen MR) is 60.9 cm³/mol. The Bertz CT molecular complexity index is 434. The van der Waals surface area contributed by atoms with Gasteiger partial charge >= 0.3 is 5.97 Å². The molecule has 0 atom stereocenters. The Balaban J connectivity index is 2.44. The molecule has 92 valence electrons. The Hall–Kier alpha value is -1.69. The highest BCUT2D eigenvalue weighted by Crippen LogP contribution is 2.22. The van der Waals surface area contributed by atoms with Crippen molar-refractivity contribution in [3.05, 3.63) is 17.1 Å². The van der Waals surface area contributed by atoms with E-state index in [0.717, 1.165) is 17.8 Å². The average Bonchev–Trinajstić information content (AvgIpc) is 2.38. The van der Waals surface area contributed by atoms with E-state index in [1.165, 1.54) is 7.11 Å². The van der Waals surface area contributed by atoms with E-state index in [1.807, 2.05) is 6.92 Å². The zero-order valence-electron chi connectivity index (χ0n) is 9.95. The summed E-state index contributed by atoms with van der Waals surface area (Å²) in [5, 5.41) is 3.12. The molecule has 0 aliphatic carbocycles. The zero-order chi connectivity index (χ0) is 12.3. The molecule has 0 amide bonds. The van der Waals surface area contributed by atoms with E-state index in [-0.39, 0.29) is 5.82 Å². The lowest BCUT2D eigenvalue weighted by Gasteiger charge is -2.19. The van der Waals surface area contributed by atoms with Crippen molar-refractivity contribution < 1.29 is 14.3 Å². The van der Waals surface area contributed by atoms with Gasteiger partial charge in [0.05, 0.1) is 26.0 Å². The fourth-order valence-electron chi connectivity index (χ4n) is 1.73. The predicted octanol–water partition coefficient (Wildman–Crippen LogP) is 0.768. The summed E-state index contributed by atoms with van der Waals surface area (Å²) < 4.78 is 10.0. The van der Waals surface area contributed by atoms with Gasteiger partial charge in [0.15, 0.2) is 0 Å². The number of methoxy groups -OCH3 is 1. The van der Waals surface area contributed by atoms with Crippen LogP contribution in [0.5, 0.6) is 0 Å². The summed E-state index contributed by atoms with van der Waals surface area (Å²) in [4.78, 5) is 19.8. The van der Waals surface area contributed by atoms with Gasteiger partial charge in [0, 0.05) is 18.5 Å². The molecule has 0 aromatic carbocycles. The number of rotatable bonds is 3. The number of aromatic nitrogens is 2. The molecular weight excluding hydrogens is 222 g/mol. The van der Waals surface area contributed by atoms with Gasteiger partial charge in [-0.3, -0.25) is 0 Å². The SMILES string of the molecule is CCNc1nc(C(=O)OC)nc2c1COCC2. The van der Waals surface area contributed by atoms with Gasteiger partial charge in [0.2, 0.25) is 5.82 Å². The Morgan fingerprint density at radius 2 is 2.35 bits per heavy atom. The quantitative estimate of drug-likeness (QED) is 0.783. The Morgan fingerprint density at radius 3 is 3.06 bits per heavy atom. The largest absolute Gasteiger partial charge is 0.463 e. The lowest BCUT2D eigenvalue weighted by atomic mass is 10.1. The zero-order valence-corrected chi connectivity index (χ0v) is 9.95. The molecule has 0 spiro atoms. The first kappa shape index (κ1) is 11.8. The molecule has 0 saturated heterocycles. The normalized spacial score (nSPS) is 14.0. The topological polar surface area (TPSA) is 73.3 Å². The van der Waals surface area contributed by atoms with Gasteiger partial charge in [0.25, 0.3) is 0 Å². The summed E-state index contributed by atoms with van der Waals surface area (Å²) in [7, 11) is 1.32. The third-order valence-corrected chi connectivity index (χ3v) is 2.53. The number of nitrogens with zero attached hydrogens (tertiary/aromatic N) is 2. The van der Waals surface area contributed by atoms with E-state index in [2.05, 4.69) is 20.0 Å². The third-order valence-electron chi connectivity index (χ3n) is 2.53. The van der Waals surface area contributed by atoms with E-state index in [4.69, 9.17) is 4.74 Å². The highest BCUT2D eigenvalue weighted by Gasteiger charge is 2.20. The van der Waals surface area contributed by atoms with Crippen LogP contribution in [0.1, 0.15) is 28.8 Å². The minimum Gasteiger partial charge on any atom is -0.463 e. The van der Waals surface area contributed by atoms with Crippen molar-refractivity contribution in [2.45, 2.75) is 20.0 Å². The van der Waals surface area contributed by atoms with E-state index in [1.54, 1.807) is 0 Å². The fraction of sp³-hybridized carbons (Fsp3) is 0.545. The molecule has 6 nitrogen and oxygen atoms in total. The van der Waals surface area contributed by atoms with E-state index >= 15 is 0 Å². The second-order valence-electron chi connectivity index (χ2n) is 3.65. The van der Waals surface area contributed by atoms with Crippen molar-refractivity contribution in [2.75, 3.05) is 25.6 Å². The summed E-state index contributed by atoms with van der Waals surface area (Å²) in [6.45, 7) is 3.80. The number of carbonyl (C=O) groups is 1. The molecule has 0 saturated carbocycles. The van der Waals surface area contributed by atoms with Gasteiger partial charge in [-0.15, -0.1) is 0 Å². The number of hydrogen-bond donors (Lipinski definition) is 1. The highest BCUT2D eigenvalue weighted by atomic mass is 16.5. The van der Waals surface area contributed by atoms with Gasteiger partial charge in [0.1, 0.15) is 5.82 Å². The number of anilines is 1. The van der Waals surface area contributed by atoms with Crippen LogP contribution in [0.2, 0.25) is 0 Å². The molecule has 1 aromatic rings. The molecule has 0 fully saturated rings. The van der Waals surface area contributed by atoms with Gasteiger partial charge in [-0.2, -0.15) is 0 Å². The maximum Gasteiger partial charge on any atom is 0.376 e. The lowest BCUT2D eigenvalue weighted by molar-refractivity contribution is 0.0584. The van der Waals surface area contributed by atoms with Gasteiger partial charge in [-0.1, -0.05) is 0 Å². The molecule has 0 radical (unpaired) electrons. The smallest absolute Gasteiger partial charge is 0.376 e. The number of ether oxygens (including phenoxy) is 2. The molecule has 0 unspecified atom stereocenters. The molecule has 1 aliphatic heterocycles. The molecule has 1 N–H and O–H groups in total. The number of carbonyl (C=O) groups excluding carboxylic acids is 1. The van der Waals surface area contributed by atoms with Crippen molar-refractivity contribution in [1.29, 1.82) is 0 Å². The average molecular weight is 237 g/mol. The van der Waals surface area contributed by atoms with Crippen molar-refractivity contribution >= 4 is 11.8 Å². The van der Waals surface area contributed by atoms with Crippen molar-refractivity contribution in [2.24, 2.45) is 0 Å². The van der Waals surface area contributed by atoms with E-state index in [0.29, 0.717) is 25.5 Å². The number of nitrogens with one attached hydrogen (secondary N) is 1. The molecule has 6 heteroatoms. The molecular formula is C11H15N3O3. The van der Waals surface area contributed by atoms with Crippen LogP contribution in [0.25, 0.3) is 0 Å². The van der Waals surface area contributed by atoms with Crippen LogP contribution in [0.15, 0.2) is 0 Å². The van der Waals surface area contributed by atoms with Crippen LogP contribution in [0.4, 0.5) is 5.82 Å². The molecule has 0 bridgehead atoms. The molecule has 2 heterocycles. The first-order valence-corrected chi connectivity index (χ1v) is 5.56. The van der Waals surface area contributed by atoms with Gasteiger partial charge in [-0.25, -0.2) is 14.8 Å². The maximum absolute atomic E-state index is 11.4. The fourth-order valence-corrected chi connectivity index (χ4v) is 1.73. The number of esters is 1. The van der Waals surface area contributed by atoms with Crippen LogP contribution in [-0.4, -0.2) is 36.2 Å². The number of hydrogen-bond acceptors (Lipinski definition) is 6. The Kier molecular flexibility index (Phi) is 3.53. The second kappa shape index (κ2) is 5.09. The third kappa shape index (κ3) is 2.36. The maximum atomic E-state index is 11.4. The second-order valence-corrected chi connectivity index (χ2v) is 3.65. The van der Waals surface area contributed by atoms with Gasteiger partial charge in [-0.05, 0) is 6.92 Å². The molecule has 1 aliphatic rings. The standard InChI is InChI=1S/C11H15N3O3/c1-3-12-9-7-6-17-5-4-8(7)13-10(14-9)11(15)16-2/h3-6H2,1-2H3,(H,12,13,14).